The number of hydrogen-bond acceptors (Lipinski definition) is 1. The molecule has 0 N–H and O–H groups in total. The SMILES string of the molecule is COc1cc(C(Cl)c2cc(Br)ccc2Br)ccc1F. The average Bonchev–Trinajstić information content (AvgIpc) is 2.41. The molecular formula is C14H10Br2ClFO. The third kappa shape index (κ3) is 3.30. The van der Waals surface area contributed by atoms with Crippen molar-refractivity contribution in [1.29, 1.82) is 0 Å². The number of hydrogen-bond donors (Lipinski definition) is 0. The minimum absolute atomic E-state index is 0.189. The molecule has 0 saturated carbocycles. The molecule has 1 unspecified atom stereocenters. The molecule has 0 fully saturated rings. The lowest BCUT2D eigenvalue weighted by molar-refractivity contribution is 0.386. The molecule has 5 heteroatoms. The van der Waals surface area contributed by atoms with Crippen molar-refractivity contribution in [3.63, 3.8) is 0 Å². The molecule has 2 rings (SSSR count). The van der Waals surface area contributed by atoms with Gasteiger partial charge < -0.3 is 4.74 Å². The maximum Gasteiger partial charge on any atom is 0.165 e. The first-order chi connectivity index (χ1) is 9.02. The molecule has 1 atom stereocenters. The van der Waals surface area contributed by atoms with Crippen LogP contribution in [0.15, 0.2) is 45.3 Å². The summed E-state index contributed by atoms with van der Waals surface area (Å²) in [6, 6.07) is 10.4. The quantitative estimate of drug-likeness (QED) is 0.593. The van der Waals surface area contributed by atoms with E-state index < -0.39 is 5.82 Å². The van der Waals surface area contributed by atoms with E-state index in [1.54, 1.807) is 12.1 Å². The summed E-state index contributed by atoms with van der Waals surface area (Å²) < 4.78 is 20.2. The van der Waals surface area contributed by atoms with Gasteiger partial charge in [-0.25, -0.2) is 4.39 Å². The minimum atomic E-state index is -0.400. The first-order valence-corrected chi connectivity index (χ1v) is 7.47. The fraction of sp³-hybridized carbons (Fsp3) is 0.143. The van der Waals surface area contributed by atoms with E-state index in [1.807, 2.05) is 18.2 Å². The highest BCUT2D eigenvalue weighted by atomic mass is 79.9. The van der Waals surface area contributed by atoms with Crippen LogP contribution < -0.4 is 4.74 Å². The van der Waals surface area contributed by atoms with Gasteiger partial charge in [0, 0.05) is 8.95 Å². The number of alkyl halides is 1. The largest absolute Gasteiger partial charge is 0.494 e. The normalized spacial score (nSPS) is 12.3. The topological polar surface area (TPSA) is 9.23 Å². The fourth-order valence-corrected chi connectivity index (χ4v) is 3.02. The summed E-state index contributed by atoms with van der Waals surface area (Å²) in [7, 11) is 1.43. The van der Waals surface area contributed by atoms with Gasteiger partial charge in [-0.3, -0.25) is 0 Å². The Hall–Kier alpha value is -0.580. The van der Waals surface area contributed by atoms with Crippen LogP contribution in [0.1, 0.15) is 16.5 Å². The van der Waals surface area contributed by atoms with Crippen LogP contribution in [0.4, 0.5) is 4.39 Å². The van der Waals surface area contributed by atoms with E-state index >= 15 is 0 Å². The van der Waals surface area contributed by atoms with Gasteiger partial charge in [0.2, 0.25) is 0 Å². The van der Waals surface area contributed by atoms with Gasteiger partial charge in [0.15, 0.2) is 11.6 Å². The van der Waals surface area contributed by atoms with Crippen LogP contribution in [0, 0.1) is 5.82 Å². The Morgan fingerprint density at radius 3 is 2.58 bits per heavy atom. The van der Waals surface area contributed by atoms with Gasteiger partial charge in [0.05, 0.1) is 12.5 Å². The zero-order valence-corrected chi connectivity index (χ0v) is 13.9. The molecule has 19 heavy (non-hydrogen) atoms. The van der Waals surface area contributed by atoms with Crippen molar-refractivity contribution in [3.8, 4) is 5.75 Å². The third-order valence-electron chi connectivity index (χ3n) is 2.70. The van der Waals surface area contributed by atoms with Gasteiger partial charge in [-0.2, -0.15) is 0 Å². The molecule has 0 heterocycles. The van der Waals surface area contributed by atoms with Crippen molar-refractivity contribution >= 4 is 43.5 Å². The molecule has 0 aliphatic heterocycles. The standard InChI is InChI=1S/C14H10Br2ClFO/c1-19-13-6-8(2-5-12(13)18)14(17)10-7-9(15)3-4-11(10)16/h2-7,14H,1H3. The number of halogens is 4. The van der Waals surface area contributed by atoms with E-state index in [0.717, 1.165) is 20.1 Å². The molecule has 2 aromatic carbocycles. The summed E-state index contributed by atoms with van der Waals surface area (Å²) in [5.41, 5.74) is 1.68. The number of ether oxygens (including phenoxy) is 1. The van der Waals surface area contributed by atoms with Crippen LogP contribution >= 0.6 is 43.5 Å². The second kappa shape index (κ2) is 6.25. The molecule has 1 nitrogen and oxygen atoms in total. The summed E-state index contributed by atoms with van der Waals surface area (Å²) in [5, 5.41) is -0.388. The highest BCUT2D eigenvalue weighted by Crippen LogP contribution is 2.36. The minimum Gasteiger partial charge on any atom is -0.494 e. The lowest BCUT2D eigenvalue weighted by Crippen LogP contribution is -1.97. The first kappa shape index (κ1) is 14.8. The average molecular weight is 408 g/mol. The van der Waals surface area contributed by atoms with Crippen LogP contribution in [0.25, 0.3) is 0 Å². The molecule has 0 aliphatic carbocycles. The van der Waals surface area contributed by atoms with Crippen molar-refractivity contribution in [2.45, 2.75) is 5.38 Å². The number of rotatable bonds is 3. The van der Waals surface area contributed by atoms with E-state index in [-0.39, 0.29) is 11.1 Å². The summed E-state index contributed by atoms with van der Waals surface area (Å²) >= 11 is 13.3. The van der Waals surface area contributed by atoms with E-state index in [9.17, 15) is 4.39 Å². The van der Waals surface area contributed by atoms with Gasteiger partial charge >= 0.3 is 0 Å². The van der Waals surface area contributed by atoms with Crippen LogP contribution in [-0.4, -0.2) is 7.11 Å². The first-order valence-electron chi connectivity index (χ1n) is 5.45. The van der Waals surface area contributed by atoms with E-state index in [0.29, 0.717) is 0 Å². The Labute approximate surface area is 133 Å². The van der Waals surface area contributed by atoms with E-state index in [2.05, 4.69) is 31.9 Å². The fourth-order valence-electron chi connectivity index (χ4n) is 1.72. The van der Waals surface area contributed by atoms with Crippen LogP contribution in [0.2, 0.25) is 0 Å². The smallest absolute Gasteiger partial charge is 0.165 e. The molecule has 0 aliphatic rings. The van der Waals surface area contributed by atoms with Crippen molar-refractivity contribution in [2.75, 3.05) is 7.11 Å². The van der Waals surface area contributed by atoms with Gasteiger partial charge in [-0.1, -0.05) is 37.9 Å². The summed E-state index contributed by atoms with van der Waals surface area (Å²) in [5.74, 6) is -0.210. The Kier molecular flexibility index (Phi) is 4.87. The lowest BCUT2D eigenvalue weighted by atomic mass is 10.0. The summed E-state index contributed by atoms with van der Waals surface area (Å²) in [4.78, 5) is 0. The van der Waals surface area contributed by atoms with Crippen LogP contribution in [0.3, 0.4) is 0 Å². The van der Waals surface area contributed by atoms with Gasteiger partial charge in [0.25, 0.3) is 0 Å². The van der Waals surface area contributed by atoms with Gasteiger partial charge in [-0.15, -0.1) is 11.6 Å². The highest BCUT2D eigenvalue weighted by Gasteiger charge is 2.16. The van der Waals surface area contributed by atoms with Gasteiger partial charge in [0.1, 0.15) is 0 Å². The zero-order chi connectivity index (χ0) is 14.0. The predicted octanol–water partition coefficient (Wildman–Crippen LogP) is 5.69. The van der Waals surface area contributed by atoms with Crippen LogP contribution in [0.5, 0.6) is 5.75 Å². The van der Waals surface area contributed by atoms with Crippen molar-refractivity contribution in [3.05, 3.63) is 62.3 Å². The van der Waals surface area contributed by atoms with E-state index in [1.165, 1.54) is 13.2 Å². The highest BCUT2D eigenvalue weighted by molar-refractivity contribution is 9.11. The molecule has 0 amide bonds. The maximum absolute atomic E-state index is 13.4. The Morgan fingerprint density at radius 2 is 1.89 bits per heavy atom. The Balaban J connectivity index is 2.43. The summed E-state index contributed by atoms with van der Waals surface area (Å²) in [6.45, 7) is 0. The Bertz CT molecular complexity index is 604. The zero-order valence-electron chi connectivity index (χ0n) is 9.96. The van der Waals surface area contributed by atoms with Gasteiger partial charge in [-0.05, 0) is 41.5 Å². The van der Waals surface area contributed by atoms with Crippen molar-refractivity contribution < 1.29 is 9.13 Å². The molecule has 0 spiro atoms. The molecule has 0 aromatic heterocycles. The lowest BCUT2D eigenvalue weighted by Gasteiger charge is -2.14. The van der Waals surface area contributed by atoms with Crippen molar-refractivity contribution in [1.82, 2.24) is 0 Å². The number of benzene rings is 2. The molecule has 0 radical (unpaired) electrons. The second-order valence-corrected chi connectivity index (χ2v) is 6.13. The maximum atomic E-state index is 13.4. The second-order valence-electron chi connectivity index (χ2n) is 3.92. The Morgan fingerprint density at radius 1 is 1.16 bits per heavy atom. The molecule has 0 saturated heterocycles. The predicted molar refractivity (Wildman–Crippen MR) is 82.5 cm³/mol. The van der Waals surface area contributed by atoms with Crippen molar-refractivity contribution in [2.24, 2.45) is 0 Å². The molecular weight excluding hydrogens is 398 g/mol. The summed E-state index contributed by atoms with van der Waals surface area (Å²) in [6.07, 6.45) is 0. The molecule has 100 valence electrons. The third-order valence-corrected chi connectivity index (χ3v) is 4.40. The van der Waals surface area contributed by atoms with E-state index in [4.69, 9.17) is 16.3 Å². The molecule has 2 aromatic rings. The number of methoxy groups -OCH3 is 1. The monoisotopic (exact) mass is 406 g/mol. The molecule has 0 bridgehead atoms. The van der Waals surface area contributed by atoms with Crippen LogP contribution in [-0.2, 0) is 0 Å².